The van der Waals surface area contributed by atoms with Crippen molar-refractivity contribution in [2.24, 2.45) is 0 Å². The maximum Gasteiger partial charge on any atom is 0.270 e. The lowest BCUT2D eigenvalue weighted by molar-refractivity contribution is -0.384. The third-order valence-corrected chi connectivity index (χ3v) is 4.91. The van der Waals surface area contributed by atoms with E-state index in [4.69, 9.17) is 0 Å². The Bertz CT molecular complexity index is 972. The summed E-state index contributed by atoms with van der Waals surface area (Å²) in [6, 6.07) is 8.98. The van der Waals surface area contributed by atoms with Crippen molar-refractivity contribution in [2.45, 2.75) is 5.16 Å². The molecule has 2 amide bonds. The Labute approximate surface area is 160 Å². The third-order valence-electron chi connectivity index (χ3n) is 3.19. The zero-order valence-corrected chi connectivity index (χ0v) is 15.2. The number of nitrogens with zero attached hydrogens (tertiary/aromatic N) is 3. The van der Waals surface area contributed by atoms with E-state index in [9.17, 15) is 19.7 Å². The largest absolute Gasteiger partial charge is 0.272 e. The summed E-state index contributed by atoms with van der Waals surface area (Å²) < 4.78 is 0. The number of carbonyl (C=O) groups is 2. The number of amides is 2. The van der Waals surface area contributed by atoms with Crippen molar-refractivity contribution in [3.63, 3.8) is 0 Å². The highest BCUT2D eigenvalue weighted by Crippen LogP contribution is 2.23. The van der Waals surface area contributed by atoms with Gasteiger partial charge in [-0.3, -0.25) is 35.7 Å². The molecule has 0 fully saturated rings. The number of aromatic nitrogens is 3. The van der Waals surface area contributed by atoms with Gasteiger partial charge in [0.2, 0.25) is 11.1 Å². The number of nitrogens with one attached hydrogen (secondary N) is 3. The standard InChI is InChI=1S/C15H12N6O4S2/c22-12(8-27-15-16-13(18-20-15)11-5-2-6-26-11)17-19-14(23)9-3-1-4-10(7-9)21(24)25/h1-7H,8H2,(H,17,22)(H,19,23)(H,16,18,20). The van der Waals surface area contributed by atoms with Crippen LogP contribution in [0.4, 0.5) is 5.69 Å². The first-order chi connectivity index (χ1) is 13.0. The van der Waals surface area contributed by atoms with Crippen molar-refractivity contribution in [3.05, 3.63) is 57.5 Å². The lowest BCUT2D eigenvalue weighted by Crippen LogP contribution is -2.42. The molecule has 10 nitrogen and oxygen atoms in total. The molecule has 0 aliphatic heterocycles. The van der Waals surface area contributed by atoms with Crippen LogP contribution in [0, 0.1) is 10.1 Å². The number of rotatable bonds is 6. The Morgan fingerprint density at radius 3 is 2.85 bits per heavy atom. The number of carbonyl (C=O) groups excluding carboxylic acids is 2. The molecule has 3 N–H and O–H groups in total. The van der Waals surface area contributed by atoms with Crippen molar-refractivity contribution < 1.29 is 14.5 Å². The van der Waals surface area contributed by atoms with Crippen LogP contribution in [0.3, 0.4) is 0 Å². The van der Waals surface area contributed by atoms with E-state index >= 15 is 0 Å². The first kappa shape index (κ1) is 18.5. The molecule has 0 saturated carbocycles. The predicted molar refractivity (Wildman–Crippen MR) is 99.1 cm³/mol. The molecule has 27 heavy (non-hydrogen) atoms. The number of hydrazine groups is 1. The third kappa shape index (κ3) is 4.89. The molecule has 2 aromatic heterocycles. The highest BCUT2D eigenvalue weighted by molar-refractivity contribution is 7.99. The number of hydrogen-bond donors (Lipinski definition) is 3. The van der Waals surface area contributed by atoms with Crippen LogP contribution in [-0.4, -0.2) is 37.7 Å². The summed E-state index contributed by atoms with van der Waals surface area (Å²) in [4.78, 5) is 39.1. The van der Waals surface area contributed by atoms with Crippen LogP contribution >= 0.6 is 23.1 Å². The summed E-state index contributed by atoms with van der Waals surface area (Å²) in [6.07, 6.45) is 0. The lowest BCUT2D eigenvalue weighted by Gasteiger charge is -2.06. The summed E-state index contributed by atoms with van der Waals surface area (Å²) in [5, 5.41) is 19.9. The summed E-state index contributed by atoms with van der Waals surface area (Å²) in [7, 11) is 0. The minimum atomic E-state index is -0.657. The Balaban J connectivity index is 1.48. The van der Waals surface area contributed by atoms with Crippen LogP contribution in [-0.2, 0) is 4.79 Å². The number of thiophene rings is 1. The van der Waals surface area contributed by atoms with Crippen LogP contribution in [0.2, 0.25) is 0 Å². The zero-order chi connectivity index (χ0) is 19.2. The average molecular weight is 404 g/mol. The fourth-order valence-corrected chi connectivity index (χ4v) is 3.22. The normalized spacial score (nSPS) is 10.4. The molecule has 3 aromatic rings. The number of benzene rings is 1. The molecule has 0 aliphatic rings. The number of nitro benzene ring substituents is 1. The van der Waals surface area contributed by atoms with Gasteiger partial charge in [-0.2, -0.15) is 0 Å². The van der Waals surface area contributed by atoms with Gasteiger partial charge in [-0.1, -0.05) is 23.9 Å². The van der Waals surface area contributed by atoms with E-state index < -0.39 is 16.7 Å². The maximum atomic E-state index is 11.9. The highest BCUT2D eigenvalue weighted by Gasteiger charge is 2.13. The van der Waals surface area contributed by atoms with E-state index in [1.54, 1.807) is 0 Å². The minimum Gasteiger partial charge on any atom is -0.272 e. The number of non-ortho nitro benzene ring substituents is 1. The van der Waals surface area contributed by atoms with Gasteiger partial charge in [0, 0.05) is 17.7 Å². The number of H-pyrrole nitrogens is 1. The minimum absolute atomic E-state index is 0.0169. The molecular formula is C15H12N6O4S2. The Morgan fingerprint density at radius 2 is 2.11 bits per heavy atom. The first-order valence-corrected chi connectivity index (χ1v) is 9.32. The highest BCUT2D eigenvalue weighted by atomic mass is 32.2. The molecule has 0 radical (unpaired) electrons. The Hall–Kier alpha value is -3.25. The van der Waals surface area contributed by atoms with Crippen molar-refractivity contribution >= 4 is 40.6 Å². The monoisotopic (exact) mass is 404 g/mol. The number of aromatic amines is 1. The summed E-state index contributed by atoms with van der Waals surface area (Å²) in [5.41, 5.74) is 4.30. The van der Waals surface area contributed by atoms with Crippen LogP contribution in [0.25, 0.3) is 10.7 Å². The van der Waals surface area contributed by atoms with Crippen LogP contribution in [0.15, 0.2) is 46.9 Å². The van der Waals surface area contributed by atoms with Gasteiger partial charge >= 0.3 is 0 Å². The van der Waals surface area contributed by atoms with E-state index in [1.807, 2.05) is 17.5 Å². The van der Waals surface area contributed by atoms with E-state index in [2.05, 4.69) is 26.0 Å². The molecule has 138 valence electrons. The second-order valence-corrected chi connectivity index (χ2v) is 6.93. The van der Waals surface area contributed by atoms with Gasteiger partial charge in [-0.05, 0) is 17.5 Å². The quantitative estimate of drug-likeness (QED) is 0.324. The van der Waals surface area contributed by atoms with E-state index in [1.165, 1.54) is 29.5 Å². The Morgan fingerprint density at radius 1 is 1.26 bits per heavy atom. The van der Waals surface area contributed by atoms with Gasteiger partial charge in [0.1, 0.15) is 0 Å². The summed E-state index contributed by atoms with van der Waals surface area (Å²) >= 11 is 2.61. The second-order valence-electron chi connectivity index (χ2n) is 5.04. The lowest BCUT2D eigenvalue weighted by atomic mass is 10.2. The average Bonchev–Trinajstić information content (AvgIpc) is 3.35. The summed E-state index contributed by atoms with van der Waals surface area (Å²) in [5.74, 6) is -0.528. The molecule has 0 atom stereocenters. The fraction of sp³-hybridized carbons (Fsp3) is 0.0667. The SMILES string of the molecule is O=C(CSc1n[nH]c(-c2cccs2)n1)NNC(=O)c1cccc([N+](=O)[O-])c1. The number of hydrogen-bond acceptors (Lipinski definition) is 8. The Kier molecular flexibility index (Phi) is 5.78. The van der Waals surface area contributed by atoms with E-state index in [0.29, 0.717) is 11.0 Å². The number of thioether (sulfide) groups is 1. The molecule has 12 heteroatoms. The van der Waals surface area contributed by atoms with Crippen molar-refractivity contribution in [1.29, 1.82) is 0 Å². The van der Waals surface area contributed by atoms with E-state index in [0.717, 1.165) is 22.7 Å². The van der Waals surface area contributed by atoms with Crippen molar-refractivity contribution in [2.75, 3.05) is 5.75 Å². The number of nitro groups is 1. The van der Waals surface area contributed by atoms with Gasteiger partial charge in [-0.15, -0.1) is 16.4 Å². The van der Waals surface area contributed by atoms with Crippen molar-refractivity contribution in [3.8, 4) is 10.7 Å². The molecule has 0 unspecified atom stereocenters. The fourth-order valence-electron chi connectivity index (χ4n) is 1.96. The molecule has 0 saturated heterocycles. The topological polar surface area (TPSA) is 143 Å². The van der Waals surface area contributed by atoms with Crippen LogP contribution in [0.1, 0.15) is 10.4 Å². The van der Waals surface area contributed by atoms with Crippen LogP contribution in [0.5, 0.6) is 0 Å². The predicted octanol–water partition coefficient (Wildman–Crippen LogP) is 1.99. The molecule has 1 aromatic carbocycles. The molecule has 3 rings (SSSR count). The van der Waals surface area contributed by atoms with Gasteiger partial charge < -0.3 is 0 Å². The molecule has 0 bridgehead atoms. The van der Waals surface area contributed by atoms with Crippen molar-refractivity contribution in [1.82, 2.24) is 26.0 Å². The molecular weight excluding hydrogens is 392 g/mol. The second kappa shape index (κ2) is 8.42. The van der Waals surface area contributed by atoms with E-state index in [-0.39, 0.29) is 17.0 Å². The molecule has 0 spiro atoms. The first-order valence-electron chi connectivity index (χ1n) is 7.45. The zero-order valence-electron chi connectivity index (χ0n) is 13.5. The van der Waals surface area contributed by atoms with Gasteiger partial charge in [-0.25, -0.2) is 4.98 Å². The van der Waals surface area contributed by atoms with Gasteiger partial charge in [0.15, 0.2) is 5.82 Å². The summed E-state index contributed by atoms with van der Waals surface area (Å²) in [6.45, 7) is 0. The molecule has 0 aliphatic carbocycles. The van der Waals surface area contributed by atoms with Gasteiger partial charge in [0.05, 0.1) is 15.6 Å². The smallest absolute Gasteiger partial charge is 0.270 e. The van der Waals surface area contributed by atoms with Gasteiger partial charge in [0.25, 0.3) is 11.6 Å². The molecule has 2 heterocycles. The maximum absolute atomic E-state index is 11.9. The van der Waals surface area contributed by atoms with Crippen LogP contribution < -0.4 is 10.9 Å².